The lowest BCUT2D eigenvalue weighted by Gasteiger charge is -2.11. The molecule has 0 radical (unpaired) electrons. The molecule has 0 aliphatic carbocycles. The van der Waals surface area contributed by atoms with Gasteiger partial charge in [0.25, 0.3) is 0 Å². The molecule has 0 amide bonds. The summed E-state index contributed by atoms with van der Waals surface area (Å²) in [5.74, 6) is 0.701. The average molecular weight is 336 g/mol. The van der Waals surface area contributed by atoms with Crippen molar-refractivity contribution >= 4 is 15.9 Å². The number of nitrogens with one attached hydrogen (secondary N) is 1. The Morgan fingerprint density at radius 1 is 1.25 bits per heavy atom. The Morgan fingerprint density at radius 2 is 2.00 bits per heavy atom. The summed E-state index contributed by atoms with van der Waals surface area (Å²) >= 11 is 3.44. The molecule has 0 bridgehead atoms. The van der Waals surface area contributed by atoms with Crippen LogP contribution in [0.2, 0.25) is 0 Å². The van der Waals surface area contributed by atoms with Crippen LogP contribution < -0.4 is 5.32 Å². The van der Waals surface area contributed by atoms with Gasteiger partial charge in [-0.2, -0.15) is 5.10 Å². The van der Waals surface area contributed by atoms with Gasteiger partial charge in [-0.15, -0.1) is 0 Å². The minimum atomic E-state index is 0.701. The van der Waals surface area contributed by atoms with Crippen LogP contribution in [0.1, 0.15) is 25.0 Å². The minimum absolute atomic E-state index is 0.701. The fraction of sp³-hybridized carbons (Fsp3) is 0.438. The van der Waals surface area contributed by atoms with E-state index < -0.39 is 0 Å². The highest BCUT2D eigenvalue weighted by molar-refractivity contribution is 9.10. The summed E-state index contributed by atoms with van der Waals surface area (Å²) in [6.07, 6.45) is 4.89. The van der Waals surface area contributed by atoms with Gasteiger partial charge < -0.3 is 5.32 Å². The molecule has 0 spiro atoms. The molecule has 0 saturated carbocycles. The molecule has 1 N–H and O–H groups in total. The molecule has 1 aromatic heterocycles. The molecule has 0 aliphatic rings. The van der Waals surface area contributed by atoms with Crippen molar-refractivity contribution in [3.8, 4) is 0 Å². The number of aromatic nitrogens is 2. The molecule has 3 nitrogen and oxygen atoms in total. The largest absolute Gasteiger partial charge is 0.316 e. The highest BCUT2D eigenvalue weighted by atomic mass is 79.9. The predicted molar refractivity (Wildman–Crippen MR) is 86.9 cm³/mol. The summed E-state index contributed by atoms with van der Waals surface area (Å²) < 4.78 is 2.98. The van der Waals surface area contributed by atoms with Gasteiger partial charge in [-0.1, -0.05) is 38.1 Å². The molecule has 108 valence electrons. The molecule has 0 aliphatic heterocycles. The van der Waals surface area contributed by atoms with Gasteiger partial charge in [0, 0.05) is 6.20 Å². The Bertz CT molecular complexity index is 534. The Morgan fingerprint density at radius 3 is 2.65 bits per heavy atom. The van der Waals surface area contributed by atoms with E-state index in [0.717, 1.165) is 30.5 Å². The third-order valence-corrected chi connectivity index (χ3v) is 3.59. The van der Waals surface area contributed by atoms with Crippen molar-refractivity contribution in [1.82, 2.24) is 15.1 Å². The fourth-order valence-corrected chi connectivity index (χ4v) is 2.50. The Kier molecular flexibility index (Phi) is 5.80. The van der Waals surface area contributed by atoms with Crippen molar-refractivity contribution in [1.29, 1.82) is 0 Å². The normalized spacial score (nSPS) is 11.2. The number of hydrogen-bond acceptors (Lipinski definition) is 2. The van der Waals surface area contributed by atoms with Crippen molar-refractivity contribution in [3.63, 3.8) is 0 Å². The third kappa shape index (κ3) is 4.76. The van der Waals surface area contributed by atoms with Crippen LogP contribution in [-0.4, -0.2) is 22.9 Å². The van der Waals surface area contributed by atoms with Gasteiger partial charge in [-0.05, 0) is 52.5 Å². The van der Waals surface area contributed by atoms with Crippen LogP contribution in [-0.2, 0) is 13.0 Å². The number of hydrogen-bond donors (Lipinski definition) is 1. The Labute approximate surface area is 129 Å². The molecule has 4 heteroatoms. The van der Waals surface area contributed by atoms with E-state index in [1.165, 1.54) is 11.1 Å². The minimum Gasteiger partial charge on any atom is -0.316 e. The van der Waals surface area contributed by atoms with E-state index >= 15 is 0 Å². The lowest BCUT2D eigenvalue weighted by atomic mass is 10.0. The van der Waals surface area contributed by atoms with Crippen LogP contribution in [0, 0.1) is 5.92 Å². The summed E-state index contributed by atoms with van der Waals surface area (Å²) in [4.78, 5) is 0. The van der Waals surface area contributed by atoms with E-state index in [9.17, 15) is 0 Å². The van der Waals surface area contributed by atoms with E-state index in [4.69, 9.17) is 0 Å². The smallest absolute Gasteiger partial charge is 0.0662 e. The van der Waals surface area contributed by atoms with Gasteiger partial charge in [0.2, 0.25) is 0 Å². The molecule has 0 unspecified atom stereocenters. The first-order valence-electron chi connectivity index (χ1n) is 7.10. The maximum absolute atomic E-state index is 4.33. The summed E-state index contributed by atoms with van der Waals surface area (Å²) in [5.41, 5.74) is 2.74. The fourth-order valence-electron chi connectivity index (χ4n) is 2.17. The van der Waals surface area contributed by atoms with Crippen LogP contribution in [0.4, 0.5) is 0 Å². The van der Waals surface area contributed by atoms with Crippen LogP contribution in [0.25, 0.3) is 0 Å². The first-order chi connectivity index (χ1) is 9.65. The summed E-state index contributed by atoms with van der Waals surface area (Å²) in [6, 6.07) is 8.61. The summed E-state index contributed by atoms with van der Waals surface area (Å²) in [5, 5.41) is 7.82. The highest BCUT2D eigenvalue weighted by Gasteiger charge is 2.04. The molecular weight excluding hydrogens is 314 g/mol. The van der Waals surface area contributed by atoms with Gasteiger partial charge >= 0.3 is 0 Å². The van der Waals surface area contributed by atoms with E-state index in [0.29, 0.717) is 5.92 Å². The quantitative estimate of drug-likeness (QED) is 0.785. The highest BCUT2D eigenvalue weighted by Crippen LogP contribution is 2.13. The van der Waals surface area contributed by atoms with Crippen LogP contribution >= 0.6 is 15.9 Å². The molecule has 1 heterocycles. The predicted octanol–water partition coefficient (Wildman–Crippen LogP) is 3.48. The lowest BCUT2D eigenvalue weighted by molar-refractivity contribution is 0.553. The van der Waals surface area contributed by atoms with Gasteiger partial charge in [0.15, 0.2) is 0 Å². The van der Waals surface area contributed by atoms with Crippen molar-refractivity contribution in [2.45, 2.75) is 26.8 Å². The summed E-state index contributed by atoms with van der Waals surface area (Å²) in [7, 11) is 0. The van der Waals surface area contributed by atoms with Crippen molar-refractivity contribution < 1.29 is 0 Å². The van der Waals surface area contributed by atoms with Gasteiger partial charge in [-0.25, -0.2) is 0 Å². The number of rotatable bonds is 7. The Hall–Kier alpha value is -1.13. The van der Waals surface area contributed by atoms with Crippen LogP contribution in [0.15, 0.2) is 41.1 Å². The Balaban J connectivity index is 1.95. The zero-order valence-electron chi connectivity index (χ0n) is 12.1. The second-order valence-electron chi connectivity index (χ2n) is 5.47. The topological polar surface area (TPSA) is 29.9 Å². The third-order valence-electron chi connectivity index (χ3n) is 3.18. The second-order valence-corrected chi connectivity index (χ2v) is 6.39. The summed E-state index contributed by atoms with van der Waals surface area (Å²) in [6.45, 7) is 7.39. The van der Waals surface area contributed by atoms with Crippen LogP contribution in [0.3, 0.4) is 0 Å². The van der Waals surface area contributed by atoms with E-state index in [1.54, 1.807) is 0 Å². The van der Waals surface area contributed by atoms with Crippen molar-refractivity contribution in [2.75, 3.05) is 13.1 Å². The molecule has 20 heavy (non-hydrogen) atoms. The van der Waals surface area contributed by atoms with Crippen molar-refractivity contribution in [2.24, 2.45) is 5.92 Å². The van der Waals surface area contributed by atoms with Crippen molar-refractivity contribution in [3.05, 3.63) is 52.3 Å². The lowest BCUT2D eigenvalue weighted by Crippen LogP contribution is -2.22. The molecule has 0 atom stereocenters. The SMILES string of the molecule is CC(C)CNCCc1ccccc1Cn1cc(Br)cn1. The number of nitrogens with zero attached hydrogens (tertiary/aromatic N) is 2. The van der Waals surface area contributed by atoms with E-state index in [-0.39, 0.29) is 0 Å². The second kappa shape index (κ2) is 7.60. The molecular formula is C16H22BrN3. The molecule has 1 aromatic carbocycles. The monoisotopic (exact) mass is 335 g/mol. The first-order valence-corrected chi connectivity index (χ1v) is 7.90. The number of benzene rings is 1. The zero-order chi connectivity index (χ0) is 14.4. The van der Waals surface area contributed by atoms with Gasteiger partial charge in [0.05, 0.1) is 17.2 Å². The molecule has 0 fully saturated rings. The molecule has 2 aromatic rings. The molecule has 0 saturated heterocycles. The van der Waals surface area contributed by atoms with Gasteiger partial charge in [0.1, 0.15) is 0 Å². The van der Waals surface area contributed by atoms with E-state index in [2.05, 4.69) is 64.5 Å². The van der Waals surface area contributed by atoms with Crippen LogP contribution in [0.5, 0.6) is 0 Å². The maximum atomic E-state index is 4.33. The van der Waals surface area contributed by atoms with E-state index in [1.807, 2.05) is 17.1 Å². The average Bonchev–Trinajstić information content (AvgIpc) is 2.82. The number of halogens is 1. The zero-order valence-corrected chi connectivity index (χ0v) is 13.7. The standard InChI is InChI=1S/C16H22BrN3/c1-13(2)9-18-8-7-14-5-3-4-6-15(14)11-20-12-16(17)10-19-20/h3-6,10,12-13,18H,7-9,11H2,1-2H3. The van der Waals surface area contributed by atoms with Gasteiger partial charge in [-0.3, -0.25) is 4.68 Å². The molecule has 2 rings (SSSR count). The maximum Gasteiger partial charge on any atom is 0.0662 e. The first kappa shape index (κ1) is 15.3.